The second-order valence-corrected chi connectivity index (χ2v) is 12.8. The van der Waals surface area contributed by atoms with Crippen molar-refractivity contribution in [1.82, 2.24) is 10.6 Å². The van der Waals surface area contributed by atoms with E-state index in [2.05, 4.69) is 36.7 Å². The van der Waals surface area contributed by atoms with Crippen LogP contribution < -0.4 is 20.3 Å². The van der Waals surface area contributed by atoms with Crippen LogP contribution in [-0.4, -0.2) is 63.0 Å². The van der Waals surface area contributed by atoms with Crippen LogP contribution in [0.4, 0.5) is 15.8 Å². The van der Waals surface area contributed by atoms with Gasteiger partial charge in [-0.05, 0) is 63.1 Å². The smallest absolute Gasteiger partial charge is 0.254 e. The molecular weight excluding hydrogens is 519 g/mol. The van der Waals surface area contributed by atoms with Gasteiger partial charge in [0.15, 0.2) is 5.82 Å². The maximum Gasteiger partial charge on any atom is 0.254 e. The number of carbonyl (C=O) groups is 1. The average molecular weight is 563 g/mol. The number of rotatable bonds is 13. The molecule has 1 saturated heterocycles. The molecule has 1 amide bonds. The van der Waals surface area contributed by atoms with Gasteiger partial charge in [0, 0.05) is 31.4 Å². The van der Waals surface area contributed by atoms with Crippen molar-refractivity contribution in [3.8, 4) is 0 Å². The zero-order valence-corrected chi connectivity index (χ0v) is 24.2. The number of nitrogens with zero attached hydrogens (tertiary/aromatic N) is 1. The Morgan fingerprint density at radius 3 is 2.49 bits per heavy atom. The number of amides is 1. The predicted octanol–water partition coefficient (Wildman–Crippen LogP) is 3.91. The molecule has 10 heteroatoms. The van der Waals surface area contributed by atoms with Crippen LogP contribution in [0, 0.1) is 11.7 Å². The van der Waals surface area contributed by atoms with Gasteiger partial charge in [0.05, 0.1) is 29.1 Å². The van der Waals surface area contributed by atoms with Crippen LogP contribution in [0.2, 0.25) is 0 Å². The van der Waals surface area contributed by atoms with Crippen molar-refractivity contribution in [3.63, 3.8) is 0 Å². The third-order valence-electron chi connectivity index (χ3n) is 6.88. The van der Waals surface area contributed by atoms with Gasteiger partial charge in [-0.25, -0.2) is 12.8 Å². The van der Waals surface area contributed by atoms with Gasteiger partial charge in [0.1, 0.15) is 0 Å². The maximum absolute atomic E-state index is 15.9. The molecule has 0 aliphatic carbocycles. The number of benzene rings is 2. The molecule has 1 heterocycles. The molecule has 3 rings (SSSR count). The molecule has 0 spiro atoms. The molecule has 39 heavy (non-hydrogen) atoms. The Kier molecular flexibility index (Phi) is 11.1. The summed E-state index contributed by atoms with van der Waals surface area (Å²) in [6, 6.07) is 11.8. The van der Waals surface area contributed by atoms with Crippen LogP contribution in [-0.2, 0) is 16.4 Å². The summed E-state index contributed by atoms with van der Waals surface area (Å²) in [6.45, 7) is 9.09. The van der Waals surface area contributed by atoms with Crippen molar-refractivity contribution >= 4 is 27.3 Å². The van der Waals surface area contributed by atoms with Gasteiger partial charge in [-0.2, -0.15) is 0 Å². The summed E-state index contributed by atoms with van der Waals surface area (Å²) >= 11 is 0. The monoisotopic (exact) mass is 562 g/mol. The van der Waals surface area contributed by atoms with E-state index in [9.17, 15) is 18.3 Å². The van der Waals surface area contributed by atoms with E-state index in [0.29, 0.717) is 37.4 Å². The number of sulfonamides is 1. The summed E-state index contributed by atoms with van der Waals surface area (Å²) in [5.74, 6) is -1.17. The zero-order valence-electron chi connectivity index (χ0n) is 23.4. The first-order valence-electron chi connectivity index (χ1n) is 13.9. The van der Waals surface area contributed by atoms with Crippen LogP contribution in [0.5, 0.6) is 0 Å². The molecule has 4 N–H and O–H groups in total. The average Bonchev–Trinajstić information content (AvgIpc) is 2.88. The fourth-order valence-corrected chi connectivity index (χ4v) is 6.60. The van der Waals surface area contributed by atoms with Crippen molar-refractivity contribution in [2.75, 3.05) is 35.0 Å². The van der Waals surface area contributed by atoms with Crippen molar-refractivity contribution < 1.29 is 22.7 Å². The fourth-order valence-electron chi connectivity index (χ4n) is 4.97. The van der Waals surface area contributed by atoms with Crippen molar-refractivity contribution in [3.05, 3.63) is 59.4 Å². The highest BCUT2D eigenvalue weighted by Crippen LogP contribution is 2.32. The van der Waals surface area contributed by atoms with Crippen LogP contribution in [0.1, 0.15) is 62.9 Å². The zero-order chi connectivity index (χ0) is 28.6. The number of aliphatic hydroxyl groups is 1. The Labute approximate surface area is 232 Å². The minimum Gasteiger partial charge on any atom is -0.390 e. The molecule has 3 atom stereocenters. The highest BCUT2D eigenvalue weighted by molar-refractivity contribution is 7.92. The predicted molar refractivity (Wildman–Crippen MR) is 155 cm³/mol. The molecule has 1 fully saturated rings. The minimum atomic E-state index is -3.69. The summed E-state index contributed by atoms with van der Waals surface area (Å²) < 4.78 is 42.4. The van der Waals surface area contributed by atoms with Gasteiger partial charge in [-0.1, -0.05) is 44.2 Å². The standard InChI is InChI=1S/C29H43FN4O4S/c1-5-31-23-17-24(28(30)26(18-23)34-13-9-10-14-39(34,37)38)29(36)33-25(16-22-11-7-6-8-12-22)27(35)19-32-21(4)15-20(2)3/h6-8,11-12,17-18,20-21,25,27,31-32,35H,5,9-10,13-16,19H2,1-4H3,(H,33,36)/t21?,25-,27+/m0/s1. The van der Waals surface area contributed by atoms with Gasteiger partial charge in [0.25, 0.3) is 5.91 Å². The van der Waals surface area contributed by atoms with E-state index in [0.717, 1.165) is 16.3 Å². The van der Waals surface area contributed by atoms with Crippen LogP contribution in [0.15, 0.2) is 42.5 Å². The molecule has 2 aromatic carbocycles. The molecule has 2 aromatic rings. The fraction of sp³-hybridized carbons (Fsp3) is 0.552. The largest absolute Gasteiger partial charge is 0.390 e. The first-order chi connectivity index (χ1) is 18.5. The minimum absolute atomic E-state index is 0.0625. The maximum atomic E-state index is 15.9. The summed E-state index contributed by atoms with van der Waals surface area (Å²) in [6.07, 6.45) is 1.47. The quantitative estimate of drug-likeness (QED) is 0.295. The molecule has 1 unspecified atom stereocenters. The molecule has 1 aliphatic heterocycles. The Hall–Kier alpha value is -2.69. The van der Waals surface area contributed by atoms with Gasteiger partial charge in [0.2, 0.25) is 10.0 Å². The third-order valence-corrected chi connectivity index (χ3v) is 8.73. The molecule has 216 valence electrons. The molecular formula is C29H43FN4O4S. The molecule has 0 saturated carbocycles. The second kappa shape index (κ2) is 14.1. The Bertz CT molecular complexity index is 1190. The lowest BCUT2D eigenvalue weighted by molar-refractivity contribution is 0.0821. The normalized spacial score (nSPS) is 17.5. The SMILES string of the molecule is CCNc1cc(C(=O)N[C@@H](Cc2ccccc2)[C@H](O)CNC(C)CC(C)C)c(F)c(N2CCCCS2(=O)=O)c1. The number of anilines is 2. The first-order valence-corrected chi connectivity index (χ1v) is 15.5. The molecule has 0 radical (unpaired) electrons. The van der Waals surface area contributed by atoms with Crippen LogP contribution in [0.3, 0.4) is 0 Å². The topological polar surface area (TPSA) is 111 Å². The number of nitrogens with one attached hydrogen (secondary N) is 3. The van der Waals surface area contributed by atoms with Crippen molar-refractivity contribution in [2.45, 2.75) is 71.6 Å². The number of carbonyl (C=O) groups excluding carboxylic acids is 1. The van der Waals surface area contributed by atoms with E-state index in [-0.39, 0.29) is 36.1 Å². The van der Waals surface area contributed by atoms with Gasteiger partial charge in [-0.15, -0.1) is 0 Å². The highest BCUT2D eigenvalue weighted by atomic mass is 32.2. The third kappa shape index (κ3) is 8.65. The summed E-state index contributed by atoms with van der Waals surface area (Å²) in [5.41, 5.74) is 0.960. The van der Waals surface area contributed by atoms with Gasteiger partial charge in [-0.3, -0.25) is 9.10 Å². The lowest BCUT2D eigenvalue weighted by atomic mass is 9.99. The number of hydrogen-bond donors (Lipinski definition) is 4. The lowest BCUT2D eigenvalue weighted by Gasteiger charge is -2.30. The Balaban J connectivity index is 1.90. The van der Waals surface area contributed by atoms with E-state index in [4.69, 9.17) is 0 Å². The summed E-state index contributed by atoms with van der Waals surface area (Å²) in [7, 11) is -3.69. The van der Waals surface area contributed by atoms with E-state index < -0.39 is 33.9 Å². The van der Waals surface area contributed by atoms with E-state index >= 15 is 4.39 Å². The van der Waals surface area contributed by atoms with Crippen molar-refractivity contribution in [2.24, 2.45) is 5.92 Å². The van der Waals surface area contributed by atoms with E-state index in [1.54, 1.807) is 0 Å². The van der Waals surface area contributed by atoms with E-state index in [1.165, 1.54) is 12.1 Å². The Morgan fingerprint density at radius 1 is 1.13 bits per heavy atom. The Morgan fingerprint density at radius 2 is 1.85 bits per heavy atom. The van der Waals surface area contributed by atoms with E-state index in [1.807, 2.05) is 37.3 Å². The lowest BCUT2D eigenvalue weighted by Crippen LogP contribution is -2.50. The number of hydrogen-bond acceptors (Lipinski definition) is 6. The number of halogens is 1. The summed E-state index contributed by atoms with van der Waals surface area (Å²) in [4.78, 5) is 13.5. The van der Waals surface area contributed by atoms with Crippen LogP contribution >= 0.6 is 0 Å². The molecule has 1 aliphatic rings. The van der Waals surface area contributed by atoms with Gasteiger partial charge >= 0.3 is 0 Å². The highest BCUT2D eigenvalue weighted by Gasteiger charge is 2.31. The summed E-state index contributed by atoms with van der Waals surface area (Å²) in [5, 5.41) is 20.4. The molecule has 0 aromatic heterocycles. The first kappa shape index (κ1) is 30.8. The molecule has 0 bridgehead atoms. The van der Waals surface area contributed by atoms with Crippen LogP contribution in [0.25, 0.3) is 0 Å². The number of aliphatic hydroxyl groups excluding tert-OH is 1. The van der Waals surface area contributed by atoms with Gasteiger partial charge < -0.3 is 21.1 Å². The molecule has 8 nitrogen and oxygen atoms in total. The second-order valence-electron chi connectivity index (χ2n) is 10.8. The van der Waals surface area contributed by atoms with Crippen molar-refractivity contribution in [1.29, 1.82) is 0 Å².